The molecule has 0 saturated carbocycles. The Bertz CT molecular complexity index is 832. The van der Waals surface area contributed by atoms with E-state index in [4.69, 9.17) is 0 Å². The van der Waals surface area contributed by atoms with Crippen molar-refractivity contribution >= 4 is 21.6 Å². The van der Waals surface area contributed by atoms with Crippen molar-refractivity contribution in [2.24, 2.45) is 5.92 Å². The van der Waals surface area contributed by atoms with E-state index in [-0.39, 0.29) is 23.2 Å². The van der Waals surface area contributed by atoms with Crippen LogP contribution in [0, 0.1) is 11.7 Å². The molecular weight excluding hydrogens is 377 g/mol. The van der Waals surface area contributed by atoms with Crippen LogP contribution in [0.25, 0.3) is 0 Å². The van der Waals surface area contributed by atoms with E-state index in [2.05, 4.69) is 84.5 Å². The van der Waals surface area contributed by atoms with Crippen LogP contribution in [-0.2, 0) is 5.41 Å². The lowest BCUT2D eigenvalue weighted by Crippen LogP contribution is -2.29. The number of halogens is 2. The van der Waals surface area contributed by atoms with E-state index in [0.717, 1.165) is 16.5 Å². The average Bonchev–Trinajstić information content (AvgIpc) is 3.03. The number of nitrogens with one attached hydrogen (secondary N) is 1. The highest BCUT2D eigenvalue weighted by Gasteiger charge is 2.39. The number of rotatable bonds is 1. The number of hydrogen-bond donors (Lipinski definition) is 1. The molecule has 0 spiro atoms. The maximum atomic E-state index is 14.6. The zero-order valence-electron chi connectivity index (χ0n) is 14.8. The van der Waals surface area contributed by atoms with Gasteiger partial charge in [-0.2, -0.15) is 0 Å². The first-order valence-corrected chi connectivity index (χ1v) is 9.66. The fourth-order valence-electron chi connectivity index (χ4n) is 4.14. The van der Waals surface area contributed by atoms with E-state index in [1.54, 1.807) is 6.07 Å². The van der Waals surface area contributed by atoms with Gasteiger partial charge in [0.15, 0.2) is 0 Å². The van der Waals surface area contributed by atoms with Crippen LogP contribution in [0.4, 0.5) is 10.1 Å². The first-order valence-electron chi connectivity index (χ1n) is 8.87. The lowest BCUT2D eigenvalue weighted by molar-refractivity contribution is 0.420. The first-order chi connectivity index (χ1) is 11.8. The third-order valence-corrected chi connectivity index (χ3v) is 5.98. The molecule has 0 bridgehead atoms. The number of anilines is 1. The lowest BCUT2D eigenvalue weighted by Gasteiger charge is -2.38. The van der Waals surface area contributed by atoms with Crippen LogP contribution in [0.2, 0.25) is 0 Å². The van der Waals surface area contributed by atoms with Crippen LogP contribution in [0.15, 0.2) is 53.0 Å². The average molecular weight is 400 g/mol. The molecule has 2 aliphatic rings. The molecule has 0 fully saturated rings. The molecule has 1 aliphatic carbocycles. The third-order valence-electron chi connectivity index (χ3n) is 5.52. The van der Waals surface area contributed by atoms with Gasteiger partial charge in [-0.15, -0.1) is 0 Å². The molecule has 25 heavy (non-hydrogen) atoms. The molecule has 0 radical (unpaired) electrons. The van der Waals surface area contributed by atoms with Gasteiger partial charge in [0.1, 0.15) is 5.82 Å². The molecule has 4 rings (SSSR count). The van der Waals surface area contributed by atoms with Gasteiger partial charge < -0.3 is 5.32 Å². The molecule has 2 aromatic rings. The highest BCUT2D eigenvalue weighted by Crippen LogP contribution is 2.51. The van der Waals surface area contributed by atoms with Gasteiger partial charge in [-0.1, -0.05) is 73.1 Å². The van der Waals surface area contributed by atoms with Crippen molar-refractivity contribution in [3.8, 4) is 0 Å². The first kappa shape index (κ1) is 16.8. The Hall–Kier alpha value is -1.61. The van der Waals surface area contributed by atoms with Gasteiger partial charge >= 0.3 is 0 Å². The number of benzene rings is 2. The Kier molecular flexibility index (Phi) is 4.03. The standard InChI is InChI=1S/C22H23BrFN/c1-22(2,3)14-9-7-13(8-10-14)20-17-6-4-5-16(17)18-11-15(23)12-19(24)21(18)25-20/h4-5,7-12,16-17,20,25H,6H2,1-3H3/t16-,17-,20+/m1/s1. The number of allylic oxidation sites excluding steroid dienone is 2. The van der Waals surface area contributed by atoms with E-state index in [0.29, 0.717) is 11.6 Å². The van der Waals surface area contributed by atoms with Crippen LogP contribution in [-0.4, -0.2) is 0 Å². The van der Waals surface area contributed by atoms with Gasteiger partial charge in [0, 0.05) is 10.4 Å². The van der Waals surface area contributed by atoms with Gasteiger partial charge in [0.25, 0.3) is 0 Å². The summed E-state index contributed by atoms with van der Waals surface area (Å²) in [6, 6.07) is 12.6. The molecule has 3 heteroatoms. The Labute approximate surface area is 157 Å². The quantitative estimate of drug-likeness (QED) is 0.525. The molecular formula is C22H23BrFN. The summed E-state index contributed by atoms with van der Waals surface area (Å²) < 4.78 is 15.4. The summed E-state index contributed by atoms with van der Waals surface area (Å²) in [5.41, 5.74) is 4.42. The molecule has 1 heterocycles. The summed E-state index contributed by atoms with van der Waals surface area (Å²) in [5, 5.41) is 3.50. The Balaban J connectivity index is 1.74. The molecule has 0 unspecified atom stereocenters. The minimum absolute atomic E-state index is 0.136. The predicted molar refractivity (Wildman–Crippen MR) is 106 cm³/mol. The maximum absolute atomic E-state index is 14.6. The minimum atomic E-state index is -0.181. The fraction of sp³-hybridized carbons (Fsp3) is 0.364. The van der Waals surface area contributed by atoms with Crippen LogP contribution < -0.4 is 5.32 Å². The molecule has 2 aromatic carbocycles. The van der Waals surface area contributed by atoms with E-state index < -0.39 is 0 Å². The van der Waals surface area contributed by atoms with Gasteiger partial charge in [-0.3, -0.25) is 0 Å². The third kappa shape index (κ3) is 2.93. The summed E-state index contributed by atoms with van der Waals surface area (Å²) >= 11 is 3.43. The van der Waals surface area contributed by atoms with Crippen LogP contribution >= 0.6 is 15.9 Å². The summed E-state index contributed by atoms with van der Waals surface area (Å²) in [6.07, 6.45) is 5.51. The maximum Gasteiger partial charge on any atom is 0.147 e. The molecule has 1 nitrogen and oxygen atoms in total. The normalized spacial score (nSPS) is 24.6. The molecule has 1 aliphatic heterocycles. The zero-order chi connectivity index (χ0) is 17.8. The second-order valence-corrected chi connectivity index (χ2v) is 9.12. The smallest absolute Gasteiger partial charge is 0.147 e. The van der Waals surface area contributed by atoms with E-state index in [9.17, 15) is 4.39 Å². The molecule has 0 saturated heterocycles. The summed E-state index contributed by atoms with van der Waals surface area (Å²) in [6.45, 7) is 6.67. The molecule has 0 aromatic heterocycles. The Morgan fingerprint density at radius 1 is 1.12 bits per heavy atom. The van der Waals surface area contributed by atoms with Crippen molar-refractivity contribution in [2.75, 3.05) is 5.32 Å². The second-order valence-electron chi connectivity index (χ2n) is 8.20. The molecule has 0 amide bonds. The summed E-state index contributed by atoms with van der Waals surface area (Å²) in [4.78, 5) is 0. The van der Waals surface area contributed by atoms with Gasteiger partial charge in [-0.25, -0.2) is 4.39 Å². The van der Waals surface area contributed by atoms with Crippen LogP contribution in [0.5, 0.6) is 0 Å². The van der Waals surface area contributed by atoms with Crippen molar-refractivity contribution in [2.45, 2.75) is 44.6 Å². The summed E-state index contributed by atoms with van der Waals surface area (Å²) in [7, 11) is 0. The lowest BCUT2D eigenvalue weighted by atomic mass is 9.76. The second kappa shape index (κ2) is 5.98. The Morgan fingerprint density at radius 2 is 1.84 bits per heavy atom. The predicted octanol–water partition coefficient (Wildman–Crippen LogP) is 6.71. The molecule has 130 valence electrons. The van der Waals surface area contributed by atoms with Crippen molar-refractivity contribution in [3.63, 3.8) is 0 Å². The SMILES string of the molecule is CC(C)(C)c1ccc([C@@H]2Nc3c(F)cc(Br)cc3[C@@H]3C=CC[C@H]32)cc1. The largest absolute Gasteiger partial charge is 0.375 e. The van der Waals surface area contributed by atoms with Crippen molar-refractivity contribution in [1.82, 2.24) is 0 Å². The monoisotopic (exact) mass is 399 g/mol. The van der Waals surface area contributed by atoms with Gasteiger partial charge in [0.2, 0.25) is 0 Å². The Morgan fingerprint density at radius 3 is 2.52 bits per heavy atom. The summed E-state index contributed by atoms with van der Waals surface area (Å²) in [5.74, 6) is 0.525. The van der Waals surface area contributed by atoms with Crippen LogP contribution in [0.3, 0.4) is 0 Å². The topological polar surface area (TPSA) is 12.0 Å². The van der Waals surface area contributed by atoms with Gasteiger partial charge in [0.05, 0.1) is 11.7 Å². The number of hydrogen-bond acceptors (Lipinski definition) is 1. The molecule has 3 atom stereocenters. The van der Waals surface area contributed by atoms with E-state index >= 15 is 0 Å². The van der Waals surface area contributed by atoms with Crippen molar-refractivity contribution in [1.29, 1.82) is 0 Å². The highest BCUT2D eigenvalue weighted by atomic mass is 79.9. The van der Waals surface area contributed by atoms with E-state index in [1.165, 1.54) is 11.1 Å². The fourth-order valence-corrected chi connectivity index (χ4v) is 4.59. The molecule has 1 N–H and O–H groups in total. The minimum Gasteiger partial charge on any atom is -0.375 e. The van der Waals surface area contributed by atoms with Crippen molar-refractivity contribution in [3.05, 3.63) is 75.5 Å². The van der Waals surface area contributed by atoms with E-state index in [1.807, 2.05) is 0 Å². The van der Waals surface area contributed by atoms with Crippen molar-refractivity contribution < 1.29 is 4.39 Å². The number of fused-ring (bicyclic) bond motifs is 3. The van der Waals surface area contributed by atoms with Gasteiger partial charge in [-0.05, 0) is 46.6 Å². The highest BCUT2D eigenvalue weighted by molar-refractivity contribution is 9.10. The van der Waals surface area contributed by atoms with Crippen LogP contribution in [0.1, 0.15) is 55.8 Å². The zero-order valence-corrected chi connectivity index (χ0v) is 16.4.